The van der Waals surface area contributed by atoms with E-state index in [2.05, 4.69) is 23.7 Å². The molecule has 0 N–H and O–H groups in total. The van der Waals surface area contributed by atoms with E-state index < -0.39 is 4.92 Å². The topological polar surface area (TPSA) is 90.5 Å². The molecule has 152 valence electrons. The molecule has 0 atom stereocenters. The number of nitro benzene ring substituents is 1. The van der Waals surface area contributed by atoms with E-state index in [1.165, 1.54) is 16.7 Å². The number of likely N-dealkylation sites (N-methyl/N-ethyl adjacent to an activating group) is 1. The van der Waals surface area contributed by atoms with E-state index in [0.717, 1.165) is 19.6 Å². The van der Waals surface area contributed by atoms with Crippen LogP contribution >= 0.6 is 0 Å². The maximum absolute atomic E-state index is 13.1. The lowest BCUT2D eigenvalue weighted by Gasteiger charge is -2.18. The fourth-order valence-electron chi connectivity index (χ4n) is 3.16. The van der Waals surface area contributed by atoms with E-state index in [9.17, 15) is 14.9 Å². The highest BCUT2D eigenvalue weighted by Crippen LogP contribution is 2.17. The van der Waals surface area contributed by atoms with Crippen LogP contribution in [-0.4, -0.2) is 45.6 Å². The summed E-state index contributed by atoms with van der Waals surface area (Å²) < 4.78 is 7.27. The number of rotatable bonds is 9. The first-order valence-corrected chi connectivity index (χ1v) is 9.60. The van der Waals surface area contributed by atoms with Crippen LogP contribution in [-0.2, 0) is 11.3 Å². The normalized spacial score (nSPS) is 11.3. The van der Waals surface area contributed by atoms with Crippen molar-refractivity contribution in [1.29, 1.82) is 0 Å². The van der Waals surface area contributed by atoms with Gasteiger partial charge in [0.1, 0.15) is 12.4 Å². The number of fused-ring (bicyclic) bond motifs is 1. The molecule has 2 aromatic carbocycles. The molecule has 8 heteroatoms. The lowest BCUT2D eigenvalue weighted by Crippen LogP contribution is -2.28. The summed E-state index contributed by atoms with van der Waals surface area (Å²) in [5.74, 6) is 0.460. The summed E-state index contributed by atoms with van der Waals surface area (Å²) in [6.07, 6.45) is 0. The van der Waals surface area contributed by atoms with Crippen LogP contribution in [0.5, 0.6) is 0 Å². The third-order valence-corrected chi connectivity index (χ3v) is 4.84. The Morgan fingerprint density at radius 3 is 2.45 bits per heavy atom. The minimum absolute atomic E-state index is 0.0347. The second-order valence-corrected chi connectivity index (χ2v) is 6.54. The highest BCUT2D eigenvalue weighted by atomic mass is 16.6. The van der Waals surface area contributed by atoms with Crippen LogP contribution in [0.1, 0.15) is 19.7 Å². The summed E-state index contributed by atoms with van der Waals surface area (Å²) in [5.41, 5.74) is 0.846. The van der Waals surface area contributed by atoms with Gasteiger partial charge < -0.3 is 9.64 Å². The molecule has 0 aliphatic heterocycles. The minimum Gasteiger partial charge on any atom is -0.372 e. The molecule has 8 nitrogen and oxygen atoms in total. The van der Waals surface area contributed by atoms with Gasteiger partial charge >= 0.3 is 0 Å². The largest absolute Gasteiger partial charge is 0.372 e. The summed E-state index contributed by atoms with van der Waals surface area (Å²) in [6, 6.07) is 13.0. The summed E-state index contributed by atoms with van der Waals surface area (Å²) >= 11 is 0. The first kappa shape index (κ1) is 20.6. The van der Waals surface area contributed by atoms with Crippen LogP contribution in [0.2, 0.25) is 0 Å². The SMILES string of the molecule is CCN(CC)CCOCc1nc2ccccc2c(=O)n1-c1ccc([N+](=O)[O-])cc1. The summed E-state index contributed by atoms with van der Waals surface area (Å²) in [6.45, 7) is 7.57. The van der Waals surface area contributed by atoms with Gasteiger partial charge in [-0.25, -0.2) is 4.98 Å². The van der Waals surface area contributed by atoms with Gasteiger partial charge in [0.15, 0.2) is 0 Å². The van der Waals surface area contributed by atoms with Crippen molar-refractivity contribution in [1.82, 2.24) is 14.5 Å². The number of ether oxygens (including phenoxy) is 1. The average molecular weight is 396 g/mol. The zero-order chi connectivity index (χ0) is 20.8. The van der Waals surface area contributed by atoms with Gasteiger partial charge in [-0.2, -0.15) is 0 Å². The molecule has 0 fully saturated rings. The molecule has 0 spiro atoms. The molecular formula is C21H24N4O4. The Morgan fingerprint density at radius 1 is 1.10 bits per heavy atom. The fraction of sp³-hybridized carbons (Fsp3) is 0.333. The molecule has 0 amide bonds. The number of hydrogen-bond donors (Lipinski definition) is 0. The molecule has 29 heavy (non-hydrogen) atoms. The maximum Gasteiger partial charge on any atom is 0.269 e. The second kappa shape index (κ2) is 9.40. The maximum atomic E-state index is 13.1. The zero-order valence-corrected chi connectivity index (χ0v) is 16.6. The van der Waals surface area contributed by atoms with Gasteiger partial charge in [0.05, 0.1) is 28.1 Å². The van der Waals surface area contributed by atoms with E-state index in [0.29, 0.717) is 29.0 Å². The monoisotopic (exact) mass is 396 g/mol. The molecule has 0 saturated carbocycles. The van der Waals surface area contributed by atoms with Crippen LogP contribution in [0.25, 0.3) is 16.6 Å². The van der Waals surface area contributed by atoms with Gasteiger partial charge in [-0.1, -0.05) is 26.0 Å². The Hall–Kier alpha value is -3.10. The van der Waals surface area contributed by atoms with E-state index in [4.69, 9.17) is 4.74 Å². The van der Waals surface area contributed by atoms with Crippen LogP contribution in [0.15, 0.2) is 53.3 Å². The van der Waals surface area contributed by atoms with E-state index in [-0.39, 0.29) is 17.9 Å². The number of aromatic nitrogens is 2. The zero-order valence-electron chi connectivity index (χ0n) is 16.6. The van der Waals surface area contributed by atoms with Gasteiger partial charge in [0, 0.05) is 18.7 Å². The molecule has 1 aromatic heterocycles. The number of nitro groups is 1. The number of benzene rings is 2. The van der Waals surface area contributed by atoms with E-state index in [1.54, 1.807) is 30.3 Å². The first-order valence-electron chi connectivity index (χ1n) is 9.60. The third kappa shape index (κ3) is 4.67. The number of hydrogen-bond acceptors (Lipinski definition) is 6. The molecule has 0 bridgehead atoms. The first-order chi connectivity index (χ1) is 14.0. The Bertz CT molecular complexity index is 1040. The van der Waals surface area contributed by atoms with Crippen molar-refractivity contribution >= 4 is 16.6 Å². The molecule has 0 saturated heterocycles. The molecule has 0 aliphatic carbocycles. The second-order valence-electron chi connectivity index (χ2n) is 6.54. The average Bonchev–Trinajstić information content (AvgIpc) is 2.74. The summed E-state index contributed by atoms with van der Waals surface area (Å²) in [4.78, 5) is 30.5. The molecule has 3 aromatic rings. The number of para-hydroxylation sites is 1. The Labute approximate surface area is 168 Å². The predicted molar refractivity (Wildman–Crippen MR) is 111 cm³/mol. The quantitative estimate of drug-likeness (QED) is 0.313. The Morgan fingerprint density at radius 2 is 1.79 bits per heavy atom. The van der Waals surface area contributed by atoms with Gasteiger partial charge in [-0.05, 0) is 37.4 Å². The molecule has 3 rings (SSSR count). The fourth-order valence-corrected chi connectivity index (χ4v) is 3.16. The predicted octanol–water partition coefficient (Wildman–Crippen LogP) is 3.15. The van der Waals surface area contributed by atoms with Crippen molar-refractivity contribution in [3.05, 3.63) is 74.8 Å². The number of non-ortho nitro benzene ring substituents is 1. The highest BCUT2D eigenvalue weighted by molar-refractivity contribution is 5.77. The van der Waals surface area contributed by atoms with E-state index in [1.807, 2.05) is 6.07 Å². The molecule has 0 unspecified atom stereocenters. The van der Waals surface area contributed by atoms with Gasteiger partial charge in [-0.3, -0.25) is 19.5 Å². The van der Waals surface area contributed by atoms with Crippen LogP contribution in [0.3, 0.4) is 0 Å². The highest BCUT2D eigenvalue weighted by Gasteiger charge is 2.14. The number of nitrogens with zero attached hydrogens (tertiary/aromatic N) is 4. The summed E-state index contributed by atoms with van der Waals surface area (Å²) in [7, 11) is 0. The minimum atomic E-state index is -0.470. The van der Waals surface area contributed by atoms with Gasteiger partial charge in [0.25, 0.3) is 11.2 Å². The van der Waals surface area contributed by atoms with Crippen LogP contribution < -0.4 is 5.56 Å². The van der Waals surface area contributed by atoms with Crippen molar-refractivity contribution in [3.63, 3.8) is 0 Å². The third-order valence-electron chi connectivity index (χ3n) is 4.84. The van der Waals surface area contributed by atoms with Crippen molar-refractivity contribution in [2.75, 3.05) is 26.2 Å². The lowest BCUT2D eigenvalue weighted by molar-refractivity contribution is -0.384. The van der Waals surface area contributed by atoms with E-state index >= 15 is 0 Å². The molecule has 0 radical (unpaired) electrons. The Balaban J connectivity index is 1.95. The molecule has 0 aliphatic rings. The van der Waals surface area contributed by atoms with Gasteiger partial charge in [0.2, 0.25) is 0 Å². The van der Waals surface area contributed by atoms with Crippen molar-refractivity contribution in [2.45, 2.75) is 20.5 Å². The van der Waals surface area contributed by atoms with Crippen molar-refractivity contribution in [3.8, 4) is 5.69 Å². The summed E-state index contributed by atoms with van der Waals surface area (Å²) in [5, 5.41) is 11.4. The van der Waals surface area contributed by atoms with Gasteiger partial charge in [-0.15, -0.1) is 0 Å². The van der Waals surface area contributed by atoms with Crippen molar-refractivity contribution < 1.29 is 9.66 Å². The van der Waals surface area contributed by atoms with Crippen LogP contribution in [0.4, 0.5) is 5.69 Å². The lowest BCUT2D eigenvalue weighted by atomic mass is 10.2. The smallest absolute Gasteiger partial charge is 0.269 e. The standard InChI is InChI=1S/C21H24N4O4/c1-3-23(4-2)13-14-29-15-20-22-19-8-6-5-7-18(19)21(26)24(20)16-9-11-17(12-10-16)25(27)28/h5-12H,3-4,13-15H2,1-2H3. The molecule has 1 heterocycles. The van der Waals surface area contributed by atoms with Crippen molar-refractivity contribution in [2.24, 2.45) is 0 Å². The van der Waals surface area contributed by atoms with Crippen LogP contribution in [0, 0.1) is 10.1 Å². The Kier molecular flexibility index (Phi) is 6.69. The molecular weight excluding hydrogens is 372 g/mol.